The second-order valence-corrected chi connectivity index (χ2v) is 4.91. The van der Waals surface area contributed by atoms with Gasteiger partial charge in [-0.15, -0.1) is 0 Å². The van der Waals surface area contributed by atoms with Crippen molar-refractivity contribution in [2.24, 2.45) is 0 Å². The number of likely N-dealkylation sites (N-methyl/N-ethyl adjacent to an activating group) is 1. The fourth-order valence-corrected chi connectivity index (χ4v) is 2.19. The van der Waals surface area contributed by atoms with Gasteiger partial charge in [-0.2, -0.15) is 0 Å². The first kappa shape index (κ1) is 14.6. The average molecular weight is 271 g/mol. The molecule has 1 unspecified atom stereocenters. The Balaban J connectivity index is 2.20. The maximum Gasteiger partial charge on any atom is 0.122 e. The Hall–Kier alpha value is -1.84. The molecule has 2 aromatic rings. The zero-order chi connectivity index (χ0) is 14.4. The van der Waals surface area contributed by atoms with Crippen LogP contribution in [0.25, 0.3) is 0 Å². The van der Waals surface area contributed by atoms with Crippen molar-refractivity contribution in [2.75, 3.05) is 20.3 Å². The Labute approximate surface area is 120 Å². The minimum Gasteiger partial charge on any atom is -0.491 e. The molecule has 0 heterocycles. The van der Waals surface area contributed by atoms with Crippen molar-refractivity contribution in [2.45, 2.75) is 12.5 Å². The lowest BCUT2D eigenvalue weighted by Crippen LogP contribution is -2.48. The first-order valence-electron chi connectivity index (χ1n) is 6.75. The van der Waals surface area contributed by atoms with E-state index in [9.17, 15) is 5.11 Å². The van der Waals surface area contributed by atoms with Gasteiger partial charge >= 0.3 is 0 Å². The molecule has 0 saturated carbocycles. The molecule has 0 aliphatic carbocycles. The van der Waals surface area contributed by atoms with E-state index in [0.29, 0.717) is 6.61 Å². The van der Waals surface area contributed by atoms with Crippen molar-refractivity contribution in [3.05, 3.63) is 65.7 Å². The molecule has 0 aromatic heterocycles. The summed E-state index contributed by atoms with van der Waals surface area (Å²) in [5.41, 5.74) is 1.51. The van der Waals surface area contributed by atoms with Crippen LogP contribution in [0.2, 0.25) is 0 Å². The Morgan fingerprint density at radius 2 is 1.70 bits per heavy atom. The van der Waals surface area contributed by atoms with Crippen LogP contribution in [0.15, 0.2) is 54.6 Å². The second-order valence-electron chi connectivity index (χ2n) is 4.91. The number of benzene rings is 2. The van der Waals surface area contributed by atoms with Crippen molar-refractivity contribution in [1.29, 1.82) is 0 Å². The molecule has 1 atom stereocenters. The Morgan fingerprint density at radius 3 is 2.30 bits per heavy atom. The van der Waals surface area contributed by atoms with E-state index < -0.39 is 5.54 Å². The molecular weight excluding hydrogens is 250 g/mol. The van der Waals surface area contributed by atoms with Gasteiger partial charge in [0.05, 0.1) is 6.61 Å². The van der Waals surface area contributed by atoms with Gasteiger partial charge in [0.15, 0.2) is 0 Å². The summed E-state index contributed by atoms with van der Waals surface area (Å²) in [6, 6.07) is 17.8. The van der Waals surface area contributed by atoms with E-state index in [-0.39, 0.29) is 6.61 Å². The SMILES string of the molecule is CNC(CO)(COc1ccccc1C)c1ccccc1. The van der Waals surface area contributed by atoms with Crippen molar-refractivity contribution in [3.63, 3.8) is 0 Å². The van der Waals surface area contributed by atoms with E-state index in [1.54, 1.807) is 0 Å². The van der Waals surface area contributed by atoms with Crippen LogP contribution in [0.4, 0.5) is 0 Å². The average Bonchev–Trinajstić information content (AvgIpc) is 2.51. The number of rotatable bonds is 6. The van der Waals surface area contributed by atoms with Gasteiger partial charge in [-0.1, -0.05) is 48.5 Å². The van der Waals surface area contributed by atoms with Crippen LogP contribution in [0, 0.1) is 6.92 Å². The van der Waals surface area contributed by atoms with Gasteiger partial charge in [-0.25, -0.2) is 0 Å². The first-order chi connectivity index (χ1) is 9.72. The van der Waals surface area contributed by atoms with Crippen molar-refractivity contribution in [1.82, 2.24) is 5.32 Å². The molecule has 2 aromatic carbocycles. The Morgan fingerprint density at radius 1 is 1.05 bits per heavy atom. The van der Waals surface area contributed by atoms with Crippen LogP contribution in [0.1, 0.15) is 11.1 Å². The first-order valence-corrected chi connectivity index (χ1v) is 6.75. The van der Waals surface area contributed by atoms with Crippen LogP contribution >= 0.6 is 0 Å². The van der Waals surface area contributed by atoms with Gasteiger partial charge in [-0.3, -0.25) is 0 Å². The van der Waals surface area contributed by atoms with Crippen LogP contribution in [0.3, 0.4) is 0 Å². The van der Waals surface area contributed by atoms with Crippen LogP contribution in [-0.2, 0) is 5.54 Å². The van der Waals surface area contributed by atoms with Crippen molar-refractivity contribution < 1.29 is 9.84 Å². The molecule has 2 N–H and O–H groups in total. The molecule has 0 bridgehead atoms. The number of nitrogens with one attached hydrogen (secondary N) is 1. The second kappa shape index (κ2) is 6.55. The van der Waals surface area contributed by atoms with Gasteiger partial charge < -0.3 is 15.2 Å². The predicted molar refractivity (Wildman–Crippen MR) is 80.9 cm³/mol. The summed E-state index contributed by atoms with van der Waals surface area (Å²) in [6.07, 6.45) is 0. The molecule has 3 heteroatoms. The zero-order valence-electron chi connectivity index (χ0n) is 12.0. The van der Waals surface area contributed by atoms with E-state index in [1.807, 2.05) is 68.6 Å². The highest BCUT2D eigenvalue weighted by Gasteiger charge is 2.30. The molecule has 2 rings (SSSR count). The molecule has 0 aliphatic rings. The van der Waals surface area contributed by atoms with Crippen molar-refractivity contribution >= 4 is 0 Å². The molecular formula is C17H21NO2. The van der Waals surface area contributed by atoms with E-state index in [0.717, 1.165) is 16.9 Å². The Bertz CT molecular complexity index is 536. The standard InChI is InChI=1S/C17H21NO2/c1-14-8-6-7-11-16(14)20-13-17(12-19,18-2)15-9-4-3-5-10-15/h3-11,18-19H,12-13H2,1-2H3. The fourth-order valence-electron chi connectivity index (χ4n) is 2.19. The summed E-state index contributed by atoms with van der Waals surface area (Å²) in [7, 11) is 1.84. The summed E-state index contributed by atoms with van der Waals surface area (Å²) < 4.78 is 5.92. The molecule has 106 valence electrons. The highest BCUT2D eigenvalue weighted by atomic mass is 16.5. The van der Waals surface area contributed by atoms with E-state index in [4.69, 9.17) is 4.74 Å². The third-order valence-corrected chi connectivity index (χ3v) is 3.64. The number of hydrogen-bond acceptors (Lipinski definition) is 3. The molecule has 3 nitrogen and oxygen atoms in total. The molecule has 0 spiro atoms. The number of para-hydroxylation sites is 1. The topological polar surface area (TPSA) is 41.5 Å². The quantitative estimate of drug-likeness (QED) is 0.848. The van der Waals surface area contributed by atoms with E-state index in [1.165, 1.54) is 0 Å². The monoisotopic (exact) mass is 271 g/mol. The van der Waals surface area contributed by atoms with Gasteiger partial charge in [0.2, 0.25) is 0 Å². The fraction of sp³-hybridized carbons (Fsp3) is 0.294. The number of ether oxygens (including phenoxy) is 1. The molecule has 20 heavy (non-hydrogen) atoms. The van der Waals surface area contributed by atoms with E-state index in [2.05, 4.69) is 5.32 Å². The van der Waals surface area contributed by atoms with Crippen LogP contribution in [-0.4, -0.2) is 25.4 Å². The van der Waals surface area contributed by atoms with Crippen LogP contribution in [0.5, 0.6) is 5.75 Å². The summed E-state index contributed by atoms with van der Waals surface area (Å²) in [4.78, 5) is 0. The summed E-state index contributed by atoms with van der Waals surface area (Å²) >= 11 is 0. The molecule has 0 saturated heterocycles. The number of aliphatic hydroxyl groups is 1. The lowest BCUT2D eigenvalue weighted by atomic mass is 9.92. The minimum atomic E-state index is -0.594. The van der Waals surface area contributed by atoms with Crippen molar-refractivity contribution in [3.8, 4) is 5.75 Å². The lowest BCUT2D eigenvalue weighted by Gasteiger charge is -2.32. The third-order valence-electron chi connectivity index (χ3n) is 3.64. The molecule has 0 fully saturated rings. The Kier molecular flexibility index (Phi) is 4.77. The summed E-state index contributed by atoms with van der Waals surface area (Å²) in [6.45, 7) is 2.35. The number of aliphatic hydroxyl groups excluding tert-OH is 1. The number of aryl methyl sites for hydroxylation is 1. The highest BCUT2D eigenvalue weighted by Crippen LogP contribution is 2.24. The third kappa shape index (κ3) is 3.00. The summed E-state index contributed by atoms with van der Waals surface area (Å²) in [5.74, 6) is 0.844. The van der Waals surface area contributed by atoms with Gasteiger partial charge in [0, 0.05) is 0 Å². The smallest absolute Gasteiger partial charge is 0.122 e. The molecule has 0 amide bonds. The maximum atomic E-state index is 9.83. The van der Waals surface area contributed by atoms with Crippen LogP contribution < -0.4 is 10.1 Å². The van der Waals surface area contributed by atoms with E-state index >= 15 is 0 Å². The highest BCUT2D eigenvalue weighted by molar-refractivity contribution is 5.32. The molecule has 0 radical (unpaired) electrons. The zero-order valence-corrected chi connectivity index (χ0v) is 12.0. The normalized spacial score (nSPS) is 13.8. The van der Waals surface area contributed by atoms with Gasteiger partial charge in [0.1, 0.15) is 17.9 Å². The minimum absolute atomic E-state index is 0.0284. The van der Waals surface area contributed by atoms with Gasteiger partial charge in [-0.05, 0) is 31.2 Å². The predicted octanol–water partition coefficient (Wildman–Crippen LogP) is 2.48. The number of hydrogen-bond donors (Lipinski definition) is 2. The lowest BCUT2D eigenvalue weighted by molar-refractivity contribution is 0.107. The van der Waals surface area contributed by atoms with Gasteiger partial charge in [0.25, 0.3) is 0 Å². The summed E-state index contributed by atoms with van der Waals surface area (Å²) in [5, 5.41) is 13.0. The maximum absolute atomic E-state index is 9.83. The largest absolute Gasteiger partial charge is 0.491 e. The molecule has 0 aliphatic heterocycles.